The topological polar surface area (TPSA) is 64.6 Å². The summed E-state index contributed by atoms with van der Waals surface area (Å²) in [6, 6.07) is 9.43. The highest BCUT2D eigenvalue weighted by atomic mass is 16.6. The molecule has 0 heterocycles. The Bertz CT molecular complexity index is 515. The molecule has 1 N–H and O–H groups in total. The van der Waals surface area contributed by atoms with Gasteiger partial charge in [0.05, 0.1) is 0 Å². The molecule has 21 heavy (non-hydrogen) atoms. The largest absolute Gasteiger partial charge is 0.444 e. The second-order valence-corrected chi connectivity index (χ2v) is 5.49. The SMILES string of the molecule is CC(=Cc1ccccc1)C(=O)OCNC(=O)OC(C)(C)C. The number of hydrogen-bond donors (Lipinski definition) is 1. The molecule has 5 nitrogen and oxygen atoms in total. The normalized spacial score (nSPS) is 11.7. The Morgan fingerprint density at radius 3 is 2.38 bits per heavy atom. The zero-order chi connectivity index (χ0) is 15.9. The maximum Gasteiger partial charge on any atom is 0.410 e. The van der Waals surface area contributed by atoms with Gasteiger partial charge in [0.1, 0.15) is 5.60 Å². The van der Waals surface area contributed by atoms with E-state index in [9.17, 15) is 9.59 Å². The molecular weight excluding hydrogens is 270 g/mol. The highest BCUT2D eigenvalue weighted by Crippen LogP contribution is 2.08. The molecule has 0 radical (unpaired) electrons. The molecule has 114 valence electrons. The molecule has 1 rings (SSSR count). The summed E-state index contributed by atoms with van der Waals surface area (Å²) in [5.41, 5.74) is 0.774. The summed E-state index contributed by atoms with van der Waals surface area (Å²) in [5, 5.41) is 2.36. The zero-order valence-corrected chi connectivity index (χ0v) is 12.8. The van der Waals surface area contributed by atoms with Gasteiger partial charge in [-0.15, -0.1) is 0 Å². The molecule has 0 aliphatic carbocycles. The highest BCUT2D eigenvalue weighted by Gasteiger charge is 2.16. The quantitative estimate of drug-likeness (QED) is 0.526. The summed E-state index contributed by atoms with van der Waals surface area (Å²) >= 11 is 0. The lowest BCUT2D eigenvalue weighted by atomic mass is 10.1. The number of esters is 1. The number of carbonyl (C=O) groups excluding carboxylic acids is 2. The molecule has 0 aliphatic heterocycles. The van der Waals surface area contributed by atoms with Crippen molar-refractivity contribution in [3.8, 4) is 0 Å². The number of benzene rings is 1. The molecule has 1 aromatic rings. The third-order valence-corrected chi connectivity index (χ3v) is 2.32. The summed E-state index contributed by atoms with van der Waals surface area (Å²) < 4.78 is 9.96. The van der Waals surface area contributed by atoms with E-state index in [0.717, 1.165) is 5.56 Å². The van der Waals surface area contributed by atoms with Crippen molar-refractivity contribution in [1.29, 1.82) is 0 Å². The van der Waals surface area contributed by atoms with Crippen molar-refractivity contribution in [2.75, 3.05) is 6.73 Å². The summed E-state index contributed by atoms with van der Waals surface area (Å²) in [5.74, 6) is -0.491. The van der Waals surface area contributed by atoms with Crippen LogP contribution in [0.3, 0.4) is 0 Å². The first kappa shape index (κ1) is 16.8. The number of nitrogens with one attached hydrogen (secondary N) is 1. The maximum atomic E-state index is 11.7. The Morgan fingerprint density at radius 2 is 1.81 bits per heavy atom. The van der Waals surface area contributed by atoms with E-state index < -0.39 is 17.7 Å². The van der Waals surface area contributed by atoms with E-state index in [2.05, 4.69) is 5.32 Å². The standard InChI is InChI=1S/C16H21NO4/c1-12(10-13-8-6-5-7-9-13)14(18)20-11-17-15(19)21-16(2,3)4/h5-10H,11H2,1-4H3,(H,17,19). The van der Waals surface area contributed by atoms with Gasteiger partial charge in [0.2, 0.25) is 0 Å². The average molecular weight is 291 g/mol. The van der Waals surface area contributed by atoms with Gasteiger partial charge in [-0.1, -0.05) is 30.3 Å². The van der Waals surface area contributed by atoms with Crippen molar-refractivity contribution in [2.24, 2.45) is 0 Å². The summed E-state index contributed by atoms with van der Waals surface area (Å²) in [6.07, 6.45) is 1.09. The van der Waals surface area contributed by atoms with Gasteiger partial charge >= 0.3 is 12.1 Å². The van der Waals surface area contributed by atoms with Crippen LogP contribution in [0.5, 0.6) is 0 Å². The number of amides is 1. The third-order valence-electron chi connectivity index (χ3n) is 2.32. The molecule has 0 aliphatic rings. The molecule has 0 spiro atoms. The van der Waals surface area contributed by atoms with Crippen molar-refractivity contribution in [3.05, 3.63) is 41.5 Å². The van der Waals surface area contributed by atoms with Gasteiger partial charge in [-0.25, -0.2) is 9.59 Å². The molecule has 0 atom stereocenters. The van der Waals surface area contributed by atoms with Gasteiger partial charge in [0.25, 0.3) is 0 Å². The van der Waals surface area contributed by atoms with Gasteiger partial charge in [0.15, 0.2) is 6.73 Å². The van der Waals surface area contributed by atoms with Crippen LogP contribution < -0.4 is 5.32 Å². The van der Waals surface area contributed by atoms with Crippen molar-refractivity contribution in [2.45, 2.75) is 33.3 Å². The predicted molar refractivity (Wildman–Crippen MR) is 80.4 cm³/mol. The minimum Gasteiger partial charge on any atom is -0.444 e. The highest BCUT2D eigenvalue weighted by molar-refractivity contribution is 5.93. The minimum absolute atomic E-state index is 0.228. The number of hydrogen-bond acceptors (Lipinski definition) is 4. The Morgan fingerprint density at radius 1 is 1.19 bits per heavy atom. The third kappa shape index (κ3) is 7.15. The average Bonchev–Trinajstić information content (AvgIpc) is 2.37. The molecular formula is C16H21NO4. The van der Waals surface area contributed by atoms with E-state index in [1.807, 2.05) is 30.3 Å². The molecule has 0 unspecified atom stereocenters. The number of alkyl carbamates (subject to hydrolysis) is 1. The Hall–Kier alpha value is -2.30. The Labute approximate surface area is 124 Å². The van der Waals surface area contributed by atoms with Crippen LogP contribution in [0.1, 0.15) is 33.3 Å². The van der Waals surface area contributed by atoms with Gasteiger partial charge in [-0.05, 0) is 39.3 Å². The lowest BCUT2D eigenvalue weighted by Crippen LogP contribution is -2.34. The van der Waals surface area contributed by atoms with Crippen LogP contribution in [0.4, 0.5) is 4.79 Å². The van der Waals surface area contributed by atoms with E-state index in [-0.39, 0.29) is 6.73 Å². The summed E-state index contributed by atoms with van der Waals surface area (Å²) in [7, 11) is 0. The van der Waals surface area contributed by atoms with Crippen LogP contribution >= 0.6 is 0 Å². The van der Waals surface area contributed by atoms with E-state index >= 15 is 0 Å². The summed E-state index contributed by atoms with van der Waals surface area (Å²) in [4.78, 5) is 23.1. The van der Waals surface area contributed by atoms with E-state index in [1.54, 1.807) is 33.8 Å². The number of carbonyl (C=O) groups is 2. The first-order chi connectivity index (χ1) is 9.78. The molecule has 0 bridgehead atoms. The van der Waals surface area contributed by atoms with Crippen LogP contribution in [0.25, 0.3) is 6.08 Å². The Balaban J connectivity index is 2.40. The van der Waals surface area contributed by atoms with Gasteiger partial charge < -0.3 is 9.47 Å². The minimum atomic E-state index is -0.625. The van der Waals surface area contributed by atoms with Crippen LogP contribution in [0, 0.1) is 0 Å². The van der Waals surface area contributed by atoms with Crippen LogP contribution in [0.2, 0.25) is 0 Å². The fourth-order valence-corrected chi connectivity index (χ4v) is 1.45. The van der Waals surface area contributed by atoms with Gasteiger partial charge in [-0.2, -0.15) is 0 Å². The molecule has 0 saturated carbocycles. The van der Waals surface area contributed by atoms with E-state index in [1.165, 1.54) is 0 Å². The second kappa shape index (κ2) is 7.47. The second-order valence-electron chi connectivity index (χ2n) is 5.49. The molecule has 1 aromatic carbocycles. The van der Waals surface area contributed by atoms with Gasteiger partial charge in [0, 0.05) is 5.57 Å². The molecule has 0 fully saturated rings. The monoisotopic (exact) mass is 291 g/mol. The van der Waals surface area contributed by atoms with Crippen LogP contribution in [0.15, 0.2) is 35.9 Å². The molecule has 1 amide bonds. The van der Waals surface area contributed by atoms with Crippen LogP contribution in [-0.4, -0.2) is 24.4 Å². The van der Waals surface area contributed by atoms with Crippen molar-refractivity contribution < 1.29 is 19.1 Å². The number of rotatable bonds is 4. The first-order valence-corrected chi connectivity index (χ1v) is 6.65. The van der Waals surface area contributed by atoms with Crippen molar-refractivity contribution in [3.63, 3.8) is 0 Å². The van der Waals surface area contributed by atoms with Gasteiger partial charge in [-0.3, -0.25) is 5.32 Å². The lowest BCUT2D eigenvalue weighted by Gasteiger charge is -2.19. The number of ether oxygens (including phenoxy) is 2. The molecule has 0 aromatic heterocycles. The molecule has 5 heteroatoms. The fraction of sp³-hybridized carbons (Fsp3) is 0.375. The zero-order valence-electron chi connectivity index (χ0n) is 12.8. The lowest BCUT2D eigenvalue weighted by molar-refractivity contribution is -0.139. The van der Waals surface area contributed by atoms with Crippen LogP contribution in [-0.2, 0) is 14.3 Å². The summed E-state index contributed by atoms with van der Waals surface area (Å²) in [6.45, 7) is 6.69. The fourth-order valence-electron chi connectivity index (χ4n) is 1.45. The maximum absolute atomic E-state index is 11.7. The Kier molecular flexibility index (Phi) is 5.96. The predicted octanol–water partition coefficient (Wildman–Crippen LogP) is 3.12. The van der Waals surface area contributed by atoms with Crippen molar-refractivity contribution in [1.82, 2.24) is 5.32 Å². The molecule has 0 saturated heterocycles. The first-order valence-electron chi connectivity index (χ1n) is 6.65. The smallest absolute Gasteiger partial charge is 0.410 e. The van der Waals surface area contributed by atoms with E-state index in [4.69, 9.17) is 9.47 Å². The van der Waals surface area contributed by atoms with E-state index in [0.29, 0.717) is 5.57 Å². The van der Waals surface area contributed by atoms with Crippen molar-refractivity contribution >= 4 is 18.1 Å².